The molecule has 0 saturated heterocycles. The molecule has 1 aromatic carbocycles. The summed E-state index contributed by atoms with van der Waals surface area (Å²) < 4.78 is 24.0. The number of nitrogens with one attached hydrogen (secondary N) is 2. The van der Waals surface area contributed by atoms with E-state index in [9.17, 15) is 23.7 Å². The van der Waals surface area contributed by atoms with Crippen molar-refractivity contribution >= 4 is 17.3 Å². The van der Waals surface area contributed by atoms with E-state index < -0.39 is 29.5 Å². The van der Waals surface area contributed by atoms with Crippen molar-refractivity contribution in [2.24, 2.45) is 0 Å². The van der Waals surface area contributed by atoms with Crippen LogP contribution in [0.25, 0.3) is 0 Å². The van der Waals surface area contributed by atoms with Crippen LogP contribution >= 0.6 is 0 Å². The van der Waals surface area contributed by atoms with E-state index in [4.69, 9.17) is 0 Å². The van der Waals surface area contributed by atoms with Gasteiger partial charge in [0.05, 0.1) is 11.5 Å². The normalized spacial score (nSPS) is 10.3. The molecule has 0 aromatic heterocycles. The SMILES string of the molecule is CCNc1ccc([N+](=O)[O-])c(C(=O)NCC(F)F)c1. The van der Waals surface area contributed by atoms with Crippen LogP contribution in [0.5, 0.6) is 0 Å². The molecule has 1 amide bonds. The Kier molecular flexibility index (Phi) is 5.16. The molecule has 0 spiro atoms. The molecule has 0 radical (unpaired) electrons. The van der Waals surface area contributed by atoms with Gasteiger partial charge in [-0.15, -0.1) is 0 Å². The molecule has 0 fully saturated rings. The zero-order chi connectivity index (χ0) is 14.4. The van der Waals surface area contributed by atoms with Crippen LogP contribution in [0, 0.1) is 10.1 Å². The Labute approximate surface area is 108 Å². The summed E-state index contributed by atoms with van der Waals surface area (Å²) in [5.41, 5.74) is -0.159. The number of nitro groups is 1. The molecule has 6 nitrogen and oxygen atoms in total. The standard InChI is InChI=1S/C11H13F2N3O3/c1-2-14-7-3-4-9(16(18)19)8(5-7)11(17)15-6-10(12)13/h3-5,10,14H,2,6H2,1H3,(H,15,17). The van der Waals surface area contributed by atoms with Gasteiger partial charge in [-0.3, -0.25) is 14.9 Å². The summed E-state index contributed by atoms with van der Waals surface area (Å²) in [6.07, 6.45) is -2.71. The molecule has 104 valence electrons. The fraction of sp³-hybridized carbons (Fsp3) is 0.364. The third-order valence-electron chi connectivity index (χ3n) is 2.24. The molecule has 0 atom stereocenters. The number of nitrogens with zero attached hydrogens (tertiary/aromatic N) is 1. The van der Waals surface area contributed by atoms with E-state index in [1.165, 1.54) is 12.1 Å². The first-order chi connectivity index (χ1) is 8.95. The van der Waals surface area contributed by atoms with E-state index >= 15 is 0 Å². The van der Waals surface area contributed by atoms with Gasteiger partial charge in [0.1, 0.15) is 5.56 Å². The molecule has 2 N–H and O–H groups in total. The summed E-state index contributed by atoms with van der Waals surface area (Å²) in [7, 11) is 0. The molecule has 0 unspecified atom stereocenters. The fourth-order valence-electron chi connectivity index (χ4n) is 1.46. The molecule has 0 aliphatic rings. The lowest BCUT2D eigenvalue weighted by atomic mass is 10.1. The maximum atomic E-state index is 12.0. The van der Waals surface area contributed by atoms with Crippen LogP contribution in [0.1, 0.15) is 17.3 Å². The molecule has 1 aromatic rings. The van der Waals surface area contributed by atoms with Gasteiger partial charge in [0, 0.05) is 18.3 Å². The third kappa shape index (κ3) is 4.16. The highest BCUT2D eigenvalue weighted by Gasteiger charge is 2.21. The number of benzene rings is 1. The van der Waals surface area contributed by atoms with Crippen LogP contribution in [0.4, 0.5) is 20.2 Å². The minimum Gasteiger partial charge on any atom is -0.385 e. The van der Waals surface area contributed by atoms with Crippen molar-refractivity contribution in [3.05, 3.63) is 33.9 Å². The number of nitro benzene ring substituents is 1. The maximum absolute atomic E-state index is 12.0. The number of hydrogen-bond donors (Lipinski definition) is 2. The number of amides is 1. The number of carbonyl (C=O) groups is 1. The van der Waals surface area contributed by atoms with Crippen molar-refractivity contribution in [2.75, 3.05) is 18.4 Å². The first-order valence-electron chi connectivity index (χ1n) is 5.54. The summed E-state index contributed by atoms with van der Waals surface area (Å²) in [6.45, 7) is 1.54. The largest absolute Gasteiger partial charge is 0.385 e. The first-order valence-corrected chi connectivity index (χ1v) is 5.54. The van der Waals surface area contributed by atoms with Crippen LogP contribution in [-0.4, -0.2) is 30.3 Å². The van der Waals surface area contributed by atoms with Gasteiger partial charge in [0.15, 0.2) is 0 Å². The quantitative estimate of drug-likeness (QED) is 0.613. The van der Waals surface area contributed by atoms with E-state index in [2.05, 4.69) is 5.32 Å². The van der Waals surface area contributed by atoms with Crippen molar-refractivity contribution < 1.29 is 18.5 Å². The Balaban J connectivity index is 3.02. The minimum atomic E-state index is -2.71. The van der Waals surface area contributed by atoms with E-state index in [1.807, 2.05) is 12.2 Å². The Morgan fingerprint density at radius 2 is 2.16 bits per heavy atom. The number of halogens is 2. The maximum Gasteiger partial charge on any atom is 0.282 e. The Morgan fingerprint density at radius 3 is 2.68 bits per heavy atom. The van der Waals surface area contributed by atoms with Gasteiger partial charge in [-0.05, 0) is 19.1 Å². The van der Waals surface area contributed by atoms with Crippen molar-refractivity contribution in [1.82, 2.24) is 5.32 Å². The predicted molar refractivity (Wildman–Crippen MR) is 65.6 cm³/mol. The van der Waals surface area contributed by atoms with Gasteiger partial charge in [-0.2, -0.15) is 0 Å². The van der Waals surface area contributed by atoms with Crippen molar-refractivity contribution in [3.8, 4) is 0 Å². The van der Waals surface area contributed by atoms with Gasteiger partial charge in [-0.1, -0.05) is 0 Å². The molecular weight excluding hydrogens is 260 g/mol. The van der Waals surface area contributed by atoms with Gasteiger partial charge in [0.25, 0.3) is 18.0 Å². The average molecular weight is 273 g/mol. The van der Waals surface area contributed by atoms with E-state index in [-0.39, 0.29) is 5.56 Å². The average Bonchev–Trinajstić information content (AvgIpc) is 2.36. The number of alkyl halides is 2. The Morgan fingerprint density at radius 1 is 1.47 bits per heavy atom. The zero-order valence-electron chi connectivity index (χ0n) is 10.2. The monoisotopic (exact) mass is 273 g/mol. The molecule has 19 heavy (non-hydrogen) atoms. The fourth-order valence-corrected chi connectivity index (χ4v) is 1.46. The molecule has 0 aliphatic carbocycles. The first kappa shape index (κ1) is 14.8. The molecular formula is C11H13F2N3O3. The molecule has 0 saturated carbocycles. The van der Waals surface area contributed by atoms with E-state index in [0.29, 0.717) is 12.2 Å². The van der Waals surface area contributed by atoms with Crippen LogP contribution in [0.15, 0.2) is 18.2 Å². The lowest BCUT2D eigenvalue weighted by Gasteiger charge is -2.08. The van der Waals surface area contributed by atoms with E-state index in [0.717, 1.165) is 6.07 Å². The molecule has 1 rings (SSSR count). The lowest BCUT2D eigenvalue weighted by molar-refractivity contribution is -0.385. The predicted octanol–water partition coefficient (Wildman–Crippen LogP) is 2.02. The Hall–Kier alpha value is -2.25. The molecule has 0 heterocycles. The summed E-state index contributed by atoms with van der Waals surface area (Å²) >= 11 is 0. The van der Waals surface area contributed by atoms with Gasteiger partial charge >= 0.3 is 0 Å². The highest BCUT2D eigenvalue weighted by Crippen LogP contribution is 2.22. The summed E-state index contributed by atoms with van der Waals surface area (Å²) in [4.78, 5) is 21.7. The van der Waals surface area contributed by atoms with Crippen LogP contribution < -0.4 is 10.6 Å². The van der Waals surface area contributed by atoms with Gasteiger partial charge in [-0.25, -0.2) is 8.78 Å². The van der Waals surface area contributed by atoms with Crippen molar-refractivity contribution in [1.29, 1.82) is 0 Å². The van der Waals surface area contributed by atoms with Crippen LogP contribution in [-0.2, 0) is 0 Å². The van der Waals surface area contributed by atoms with Crippen molar-refractivity contribution in [3.63, 3.8) is 0 Å². The van der Waals surface area contributed by atoms with Crippen LogP contribution in [0.3, 0.4) is 0 Å². The second-order valence-electron chi connectivity index (χ2n) is 3.62. The second kappa shape index (κ2) is 6.62. The van der Waals surface area contributed by atoms with Gasteiger partial charge in [0.2, 0.25) is 0 Å². The molecule has 8 heteroatoms. The summed E-state index contributed by atoms with van der Waals surface area (Å²) in [5.74, 6) is -0.897. The highest BCUT2D eigenvalue weighted by atomic mass is 19.3. The summed E-state index contributed by atoms with van der Waals surface area (Å²) in [6, 6.07) is 3.88. The topological polar surface area (TPSA) is 84.3 Å². The van der Waals surface area contributed by atoms with Crippen molar-refractivity contribution in [2.45, 2.75) is 13.3 Å². The second-order valence-corrected chi connectivity index (χ2v) is 3.62. The number of anilines is 1. The number of hydrogen-bond acceptors (Lipinski definition) is 4. The smallest absolute Gasteiger partial charge is 0.282 e. The van der Waals surface area contributed by atoms with E-state index in [1.54, 1.807) is 0 Å². The zero-order valence-corrected chi connectivity index (χ0v) is 10.2. The summed E-state index contributed by atoms with van der Waals surface area (Å²) in [5, 5.41) is 15.6. The highest BCUT2D eigenvalue weighted by molar-refractivity contribution is 5.99. The lowest BCUT2D eigenvalue weighted by Crippen LogP contribution is -2.29. The minimum absolute atomic E-state index is 0.246. The number of carbonyl (C=O) groups excluding carboxylic acids is 1. The molecule has 0 bridgehead atoms. The third-order valence-corrected chi connectivity index (χ3v) is 2.24. The van der Waals surface area contributed by atoms with Gasteiger partial charge < -0.3 is 10.6 Å². The molecule has 0 aliphatic heterocycles. The Bertz CT molecular complexity index is 480. The van der Waals surface area contributed by atoms with Crippen LogP contribution in [0.2, 0.25) is 0 Å². The number of rotatable bonds is 6.